The van der Waals surface area contributed by atoms with Crippen molar-refractivity contribution in [2.24, 2.45) is 5.92 Å². The third-order valence-corrected chi connectivity index (χ3v) is 10.5. The Labute approximate surface area is 329 Å². The number of carbonyl (C=O) groups is 3. The molecule has 0 radical (unpaired) electrons. The topological polar surface area (TPSA) is 78.9 Å². The molecule has 0 aliphatic carbocycles. The average Bonchev–Trinajstić information content (AvgIpc) is 3.14. The van der Waals surface area contributed by atoms with E-state index >= 15 is 0 Å². The Kier molecular flexibility index (Phi) is 40.3. The fraction of sp³-hybridized carbons (Fsp3) is 0.936. The number of unbranched alkanes of at least 4 members (excludes halogenated alkanes) is 29. The summed E-state index contributed by atoms with van der Waals surface area (Å²) < 4.78 is 16.7. The molecular weight excluding hydrogens is 661 g/mol. The van der Waals surface area contributed by atoms with E-state index in [4.69, 9.17) is 14.2 Å². The third-order valence-electron chi connectivity index (χ3n) is 10.5. The van der Waals surface area contributed by atoms with Gasteiger partial charge in [-0.3, -0.25) is 14.4 Å². The molecule has 0 aliphatic heterocycles. The van der Waals surface area contributed by atoms with Crippen LogP contribution in [0.2, 0.25) is 0 Å². The molecule has 0 amide bonds. The van der Waals surface area contributed by atoms with Gasteiger partial charge in [-0.2, -0.15) is 0 Å². The van der Waals surface area contributed by atoms with E-state index in [0.29, 0.717) is 19.3 Å². The second-order valence-corrected chi connectivity index (χ2v) is 16.5. The first kappa shape index (κ1) is 51.4. The molecular formula is C47H90O6. The molecule has 0 bridgehead atoms. The highest BCUT2D eigenvalue weighted by Gasteiger charge is 2.19. The quantitative estimate of drug-likeness (QED) is 0.0351. The summed E-state index contributed by atoms with van der Waals surface area (Å²) in [4.78, 5) is 37.6. The first-order valence-corrected chi connectivity index (χ1v) is 23.4. The van der Waals surface area contributed by atoms with Gasteiger partial charge in [0.25, 0.3) is 0 Å². The van der Waals surface area contributed by atoms with Crippen molar-refractivity contribution in [3.8, 4) is 0 Å². The van der Waals surface area contributed by atoms with E-state index in [0.717, 1.165) is 63.7 Å². The number of esters is 3. The van der Waals surface area contributed by atoms with Crippen LogP contribution in [0.4, 0.5) is 0 Å². The number of rotatable bonds is 42. The minimum Gasteiger partial charge on any atom is -0.462 e. The maximum atomic E-state index is 12.6. The molecule has 0 spiro atoms. The van der Waals surface area contributed by atoms with E-state index in [1.165, 1.54) is 154 Å². The van der Waals surface area contributed by atoms with Gasteiger partial charge in [-0.25, -0.2) is 0 Å². The molecule has 6 heteroatoms. The smallest absolute Gasteiger partial charge is 0.306 e. The highest BCUT2D eigenvalue weighted by molar-refractivity contribution is 5.71. The number of ether oxygens (including phenoxy) is 3. The lowest BCUT2D eigenvalue weighted by molar-refractivity contribution is -0.167. The molecule has 6 nitrogen and oxygen atoms in total. The van der Waals surface area contributed by atoms with Crippen molar-refractivity contribution in [2.45, 2.75) is 265 Å². The highest BCUT2D eigenvalue weighted by Crippen LogP contribution is 2.16. The zero-order chi connectivity index (χ0) is 38.9. The van der Waals surface area contributed by atoms with E-state index < -0.39 is 6.10 Å². The minimum absolute atomic E-state index is 0.0640. The molecule has 0 aliphatic rings. The van der Waals surface area contributed by atoms with Crippen molar-refractivity contribution < 1.29 is 28.6 Å². The normalized spacial score (nSPS) is 11.9. The van der Waals surface area contributed by atoms with Crippen LogP contribution in [0.15, 0.2) is 0 Å². The molecule has 0 fully saturated rings. The summed E-state index contributed by atoms with van der Waals surface area (Å²) in [5, 5.41) is 0. The average molecular weight is 751 g/mol. The molecule has 0 unspecified atom stereocenters. The summed E-state index contributed by atoms with van der Waals surface area (Å²) in [6.45, 7) is 8.96. The molecule has 0 saturated heterocycles. The summed E-state index contributed by atoms with van der Waals surface area (Å²) in [7, 11) is 0. The van der Waals surface area contributed by atoms with Crippen molar-refractivity contribution in [3.05, 3.63) is 0 Å². The first-order chi connectivity index (χ1) is 25.9. The Hall–Kier alpha value is -1.59. The third kappa shape index (κ3) is 41.4. The fourth-order valence-corrected chi connectivity index (χ4v) is 6.98. The number of hydrogen-bond acceptors (Lipinski definition) is 6. The minimum atomic E-state index is -0.758. The summed E-state index contributed by atoms with van der Waals surface area (Å²) >= 11 is 0. The van der Waals surface area contributed by atoms with Crippen LogP contribution >= 0.6 is 0 Å². The van der Waals surface area contributed by atoms with Gasteiger partial charge in [-0.15, -0.1) is 0 Å². The van der Waals surface area contributed by atoms with Gasteiger partial charge in [0.15, 0.2) is 6.10 Å². The van der Waals surface area contributed by atoms with Crippen LogP contribution in [0.25, 0.3) is 0 Å². The van der Waals surface area contributed by atoms with E-state index in [-0.39, 0.29) is 31.1 Å². The van der Waals surface area contributed by atoms with Crippen LogP contribution in [0, 0.1) is 5.92 Å². The first-order valence-electron chi connectivity index (χ1n) is 23.4. The van der Waals surface area contributed by atoms with E-state index in [1.54, 1.807) is 0 Å². The van der Waals surface area contributed by atoms with Crippen molar-refractivity contribution in [2.75, 3.05) is 13.2 Å². The fourth-order valence-electron chi connectivity index (χ4n) is 6.98. The standard InChI is InChI=1S/C47H90O6/c1-5-7-9-11-13-14-15-16-20-23-27-30-34-38-45(48)51-41-44(53-47(50)40-36-32-25-12-10-8-6-2)42-52-46(49)39-35-31-28-24-21-18-17-19-22-26-29-33-37-43(3)4/h43-44H,5-42H2,1-4H3/t44-/m0/s1. The Balaban J connectivity index is 4.21. The SMILES string of the molecule is CCCCCCCCCCCCCCCC(=O)OC[C@@H](COC(=O)CCCCCCCCCCCCCCC(C)C)OC(=O)CCCCCCCCC. The molecule has 314 valence electrons. The van der Waals surface area contributed by atoms with Crippen molar-refractivity contribution in [3.63, 3.8) is 0 Å². The summed E-state index contributed by atoms with van der Waals surface area (Å²) in [5.74, 6) is -0.0246. The lowest BCUT2D eigenvalue weighted by Crippen LogP contribution is -2.30. The van der Waals surface area contributed by atoms with Gasteiger partial charge in [0, 0.05) is 19.3 Å². The van der Waals surface area contributed by atoms with Gasteiger partial charge in [-0.05, 0) is 25.2 Å². The Morgan fingerprint density at radius 3 is 0.925 bits per heavy atom. The van der Waals surface area contributed by atoms with Gasteiger partial charge in [0.05, 0.1) is 0 Å². The molecule has 0 N–H and O–H groups in total. The lowest BCUT2D eigenvalue weighted by Gasteiger charge is -2.18. The largest absolute Gasteiger partial charge is 0.462 e. The maximum Gasteiger partial charge on any atom is 0.306 e. The molecule has 0 aromatic carbocycles. The zero-order valence-electron chi connectivity index (χ0n) is 36.0. The number of hydrogen-bond donors (Lipinski definition) is 0. The molecule has 0 aromatic heterocycles. The van der Waals surface area contributed by atoms with Gasteiger partial charge >= 0.3 is 17.9 Å². The van der Waals surface area contributed by atoms with E-state index in [9.17, 15) is 14.4 Å². The Morgan fingerprint density at radius 2 is 0.623 bits per heavy atom. The summed E-state index contributed by atoms with van der Waals surface area (Å²) in [5.41, 5.74) is 0. The maximum absolute atomic E-state index is 12.6. The van der Waals surface area contributed by atoms with Crippen LogP contribution in [0.5, 0.6) is 0 Å². The Bertz CT molecular complexity index is 796. The highest BCUT2D eigenvalue weighted by atomic mass is 16.6. The van der Waals surface area contributed by atoms with Gasteiger partial charge in [0.2, 0.25) is 0 Å². The predicted octanol–water partition coefficient (Wildman–Crippen LogP) is 14.7. The van der Waals surface area contributed by atoms with E-state index in [1.807, 2.05) is 0 Å². The number of carbonyl (C=O) groups excluding carboxylic acids is 3. The molecule has 0 heterocycles. The molecule has 1 atom stereocenters. The second-order valence-electron chi connectivity index (χ2n) is 16.5. The van der Waals surface area contributed by atoms with Gasteiger partial charge in [-0.1, -0.05) is 220 Å². The summed E-state index contributed by atoms with van der Waals surface area (Å²) in [6.07, 6.45) is 40.9. The van der Waals surface area contributed by atoms with Crippen LogP contribution in [0.3, 0.4) is 0 Å². The predicted molar refractivity (Wildman–Crippen MR) is 224 cm³/mol. The zero-order valence-corrected chi connectivity index (χ0v) is 36.0. The monoisotopic (exact) mass is 751 g/mol. The Morgan fingerprint density at radius 1 is 0.358 bits per heavy atom. The van der Waals surface area contributed by atoms with Crippen molar-refractivity contribution >= 4 is 17.9 Å². The van der Waals surface area contributed by atoms with Crippen LogP contribution in [-0.2, 0) is 28.6 Å². The van der Waals surface area contributed by atoms with Gasteiger partial charge in [0.1, 0.15) is 13.2 Å². The van der Waals surface area contributed by atoms with Crippen LogP contribution in [-0.4, -0.2) is 37.2 Å². The van der Waals surface area contributed by atoms with Crippen molar-refractivity contribution in [1.29, 1.82) is 0 Å². The molecule has 0 aromatic rings. The second kappa shape index (κ2) is 41.6. The summed E-state index contributed by atoms with van der Waals surface area (Å²) in [6, 6.07) is 0. The van der Waals surface area contributed by atoms with E-state index in [2.05, 4.69) is 27.7 Å². The van der Waals surface area contributed by atoms with Crippen LogP contribution < -0.4 is 0 Å². The molecule has 53 heavy (non-hydrogen) atoms. The van der Waals surface area contributed by atoms with Crippen molar-refractivity contribution in [1.82, 2.24) is 0 Å². The van der Waals surface area contributed by atoms with Crippen LogP contribution in [0.1, 0.15) is 259 Å². The van der Waals surface area contributed by atoms with Gasteiger partial charge < -0.3 is 14.2 Å². The lowest BCUT2D eigenvalue weighted by atomic mass is 10.0. The molecule has 0 saturated carbocycles. The molecule has 0 rings (SSSR count).